The van der Waals surface area contributed by atoms with Gasteiger partial charge in [-0.05, 0) is 24.3 Å². The highest BCUT2D eigenvalue weighted by Crippen LogP contribution is 2.27. The molecule has 1 N–H and O–H groups in total. The smallest absolute Gasteiger partial charge is 0.480 e. The number of carboxylic acid groups (broad SMARTS) is 1. The predicted molar refractivity (Wildman–Crippen MR) is 106 cm³/mol. The van der Waals surface area contributed by atoms with E-state index >= 15 is 0 Å². The molecule has 0 unspecified atom stereocenters. The average Bonchev–Trinajstić information content (AvgIpc) is 2.77. The maximum atomic E-state index is 13.1. The number of anilines is 1. The number of fused-ring (bicyclic) bond motifs is 1. The number of carbonyl (C=O) groups is 1. The highest BCUT2D eigenvalue weighted by Gasteiger charge is 2.41. The summed E-state index contributed by atoms with van der Waals surface area (Å²) in [6.07, 6.45) is -0.666. The van der Waals surface area contributed by atoms with E-state index in [1.165, 1.54) is 18.6 Å². The molecule has 0 bridgehead atoms. The standard InChI is InChI=1S/C18H15F3N6O5S/c19-18(20,21)32-11-1-3-12(4-2-11)33(30,31)27-8-7-26(10-13(27)17(28)29)14-9-24-15-16(25-14)23-6-5-22-15/h1-6,9,13H,7-8,10H2,(H,28,29)/t13-/m1/s1. The zero-order valence-electron chi connectivity index (χ0n) is 16.5. The lowest BCUT2D eigenvalue weighted by atomic mass is 10.2. The van der Waals surface area contributed by atoms with Gasteiger partial charge in [-0.1, -0.05) is 0 Å². The van der Waals surface area contributed by atoms with Crippen LogP contribution in [0.2, 0.25) is 0 Å². The summed E-state index contributed by atoms with van der Waals surface area (Å²) in [6.45, 7) is -0.344. The van der Waals surface area contributed by atoms with E-state index in [0.29, 0.717) is 11.5 Å². The van der Waals surface area contributed by atoms with Crippen molar-refractivity contribution < 1.29 is 36.2 Å². The quantitative estimate of drug-likeness (QED) is 0.563. The Kier molecular flexibility index (Phi) is 5.75. The summed E-state index contributed by atoms with van der Waals surface area (Å²) >= 11 is 0. The number of carboxylic acids is 1. The maximum absolute atomic E-state index is 13.1. The first kappa shape index (κ1) is 22.6. The number of aliphatic carboxylic acids is 1. The fourth-order valence-electron chi connectivity index (χ4n) is 3.31. The van der Waals surface area contributed by atoms with E-state index < -0.39 is 34.1 Å². The van der Waals surface area contributed by atoms with Gasteiger partial charge >= 0.3 is 12.3 Å². The van der Waals surface area contributed by atoms with Crippen LogP contribution in [-0.4, -0.2) is 75.8 Å². The van der Waals surface area contributed by atoms with Gasteiger partial charge in [0, 0.05) is 32.0 Å². The van der Waals surface area contributed by atoms with Crippen LogP contribution >= 0.6 is 0 Å². The fraction of sp³-hybridized carbons (Fsp3) is 0.278. The van der Waals surface area contributed by atoms with Crippen LogP contribution in [0.5, 0.6) is 5.75 Å². The summed E-state index contributed by atoms with van der Waals surface area (Å²) in [6, 6.07) is 2.06. The number of ether oxygens (including phenoxy) is 1. The van der Waals surface area contributed by atoms with Crippen molar-refractivity contribution in [1.82, 2.24) is 24.2 Å². The van der Waals surface area contributed by atoms with E-state index in [1.54, 1.807) is 4.90 Å². The molecule has 3 aromatic rings. The first-order valence-electron chi connectivity index (χ1n) is 9.34. The Morgan fingerprint density at radius 3 is 2.36 bits per heavy atom. The summed E-state index contributed by atoms with van der Waals surface area (Å²) in [5, 5.41) is 9.69. The Hall–Kier alpha value is -3.59. The number of benzene rings is 1. The van der Waals surface area contributed by atoms with Crippen LogP contribution < -0.4 is 9.64 Å². The molecule has 1 aliphatic heterocycles. The lowest BCUT2D eigenvalue weighted by Crippen LogP contribution is -2.58. The van der Waals surface area contributed by atoms with E-state index in [4.69, 9.17) is 0 Å². The summed E-state index contributed by atoms with van der Waals surface area (Å²) in [5.41, 5.74) is 0.549. The maximum Gasteiger partial charge on any atom is 0.573 e. The van der Waals surface area contributed by atoms with E-state index in [0.717, 1.165) is 28.6 Å². The van der Waals surface area contributed by atoms with Crippen molar-refractivity contribution in [2.45, 2.75) is 17.3 Å². The normalized spacial score (nSPS) is 17.8. The van der Waals surface area contributed by atoms with Crippen molar-refractivity contribution in [1.29, 1.82) is 0 Å². The largest absolute Gasteiger partial charge is 0.573 e. The number of alkyl halides is 3. The number of piperazine rings is 1. The molecule has 174 valence electrons. The number of halogens is 3. The molecule has 1 atom stereocenters. The molecule has 1 aliphatic rings. The van der Waals surface area contributed by atoms with E-state index in [2.05, 4.69) is 24.7 Å². The molecule has 1 saturated heterocycles. The third-order valence-electron chi connectivity index (χ3n) is 4.79. The van der Waals surface area contributed by atoms with Gasteiger partial charge in [0.1, 0.15) is 17.6 Å². The van der Waals surface area contributed by atoms with Crippen LogP contribution in [-0.2, 0) is 14.8 Å². The van der Waals surface area contributed by atoms with Gasteiger partial charge in [-0.15, -0.1) is 13.2 Å². The molecule has 4 rings (SSSR count). The van der Waals surface area contributed by atoms with Gasteiger partial charge in [0.2, 0.25) is 10.0 Å². The molecule has 0 spiro atoms. The minimum Gasteiger partial charge on any atom is -0.480 e. The van der Waals surface area contributed by atoms with Crippen molar-refractivity contribution in [3.63, 3.8) is 0 Å². The summed E-state index contributed by atoms with van der Waals surface area (Å²) in [4.78, 5) is 29.6. The third kappa shape index (κ3) is 4.78. The van der Waals surface area contributed by atoms with Crippen LogP contribution in [0.1, 0.15) is 0 Å². The second-order valence-electron chi connectivity index (χ2n) is 6.87. The van der Waals surface area contributed by atoms with Crippen molar-refractivity contribution in [2.75, 3.05) is 24.5 Å². The molecule has 1 fully saturated rings. The van der Waals surface area contributed by atoms with Gasteiger partial charge in [0.15, 0.2) is 11.3 Å². The Balaban J connectivity index is 1.57. The molecule has 3 heterocycles. The SMILES string of the molecule is O=C(O)[C@H]1CN(c2cnc3nccnc3n2)CCN1S(=O)(=O)c1ccc(OC(F)(F)F)cc1. The minimum atomic E-state index is -4.93. The molecular weight excluding hydrogens is 469 g/mol. The van der Waals surface area contributed by atoms with Crippen LogP contribution in [0.15, 0.2) is 47.8 Å². The summed E-state index contributed by atoms with van der Waals surface area (Å²) in [7, 11) is -4.33. The summed E-state index contributed by atoms with van der Waals surface area (Å²) in [5.74, 6) is -1.69. The van der Waals surface area contributed by atoms with E-state index in [1.807, 2.05) is 0 Å². The number of sulfonamides is 1. The fourth-order valence-corrected chi connectivity index (χ4v) is 4.88. The highest BCUT2D eigenvalue weighted by atomic mass is 32.2. The van der Waals surface area contributed by atoms with E-state index in [9.17, 15) is 31.5 Å². The predicted octanol–water partition coefficient (Wildman–Crippen LogP) is 1.28. The zero-order valence-corrected chi connectivity index (χ0v) is 17.4. The number of nitrogens with zero attached hydrogens (tertiary/aromatic N) is 6. The van der Waals surface area contributed by atoms with Gasteiger partial charge in [0.25, 0.3) is 0 Å². The molecule has 0 radical (unpaired) electrons. The lowest BCUT2D eigenvalue weighted by molar-refractivity contribution is -0.274. The second kappa shape index (κ2) is 8.40. The van der Waals surface area contributed by atoms with Crippen LogP contribution in [0.4, 0.5) is 19.0 Å². The second-order valence-corrected chi connectivity index (χ2v) is 8.76. The number of rotatable bonds is 5. The van der Waals surface area contributed by atoms with Crippen molar-refractivity contribution in [3.8, 4) is 5.75 Å². The average molecular weight is 484 g/mol. The third-order valence-corrected chi connectivity index (χ3v) is 6.71. The molecule has 1 aromatic carbocycles. The van der Waals surface area contributed by atoms with Crippen molar-refractivity contribution in [2.24, 2.45) is 0 Å². The molecule has 0 amide bonds. The first-order chi connectivity index (χ1) is 15.5. The van der Waals surface area contributed by atoms with Crippen LogP contribution in [0.3, 0.4) is 0 Å². The van der Waals surface area contributed by atoms with Gasteiger partial charge in [-0.25, -0.2) is 28.4 Å². The van der Waals surface area contributed by atoms with Crippen molar-refractivity contribution >= 4 is 33.1 Å². The zero-order chi connectivity index (χ0) is 23.8. The Bertz CT molecular complexity index is 1290. The number of hydrogen-bond donors (Lipinski definition) is 1. The Morgan fingerprint density at radius 1 is 1.06 bits per heavy atom. The van der Waals surface area contributed by atoms with Crippen LogP contribution in [0, 0.1) is 0 Å². The highest BCUT2D eigenvalue weighted by molar-refractivity contribution is 7.89. The molecule has 2 aromatic heterocycles. The Morgan fingerprint density at radius 2 is 1.73 bits per heavy atom. The topological polar surface area (TPSA) is 139 Å². The van der Waals surface area contributed by atoms with Crippen LogP contribution in [0.25, 0.3) is 11.3 Å². The molecule has 11 nitrogen and oxygen atoms in total. The number of aromatic nitrogens is 4. The molecule has 33 heavy (non-hydrogen) atoms. The molecule has 15 heteroatoms. The lowest BCUT2D eigenvalue weighted by Gasteiger charge is -2.38. The number of hydrogen-bond acceptors (Lipinski definition) is 9. The molecular formula is C18H15F3N6O5S. The monoisotopic (exact) mass is 484 g/mol. The molecule has 0 aliphatic carbocycles. The first-order valence-corrected chi connectivity index (χ1v) is 10.8. The molecule has 0 saturated carbocycles. The van der Waals surface area contributed by atoms with Gasteiger partial charge in [0.05, 0.1) is 11.1 Å². The Labute approximate surface area is 184 Å². The van der Waals surface area contributed by atoms with Crippen molar-refractivity contribution in [3.05, 3.63) is 42.9 Å². The summed E-state index contributed by atoms with van der Waals surface area (Å²) < 4.78 is 67.6. The van der Waals surface area contributed by atoms with E-state index in [-0.39, 0.29) is 30.2 Å². The van der Waals surface area contributed by atoms with Gasteiger partial charge < -0.3 is 14.7 Å². The van der Waals surface area contributed by atoms with Gasteiger partial charge in [-0.2, -0.15) is 4.31 Å². The minimum absolute atomic E-state index is 0.0960. The van der Waals surface area contributed by atoms with Gasteiger partial charge in [-0.3, -0.25) is 4.79 Å².